The van der Waals surface area contributed by atoms with Crippen molar-refractivity contribution in [1.82, 2.24) is 4.98 Å². The first-order chi connectivity index (χ1) is 9.79. The van der Waals surface area contributed by atoms with Gasteiger partial charge in [-0.05, 0) is 31.0 Å². The maximum atomic E-state index is 12.5. The molecule has 1 aliphatic heterocycles. The first-order valence-electron chi connectivity index (χ1n) is 6.78. The van der Waals surface area contributed by atoms with Crippen LogP contribution in [0.1, 0.15) is 22.8 Å². The number of ether oxygens (including phenoxy) is 1. The van der Waals surface area contributed by atoms with Crippen LogP contribution in [0.2, 0.25) is 0 Å². The van der Waals surface area contributed by atoms with Gasteiger partial charge in [-0.15, -0.1) is 0 Å². The normalized spacial score (nSPS) is 13.2. The highest BCUT2D eigenvalue weighted by atomic mass is 16.5. The minimum absolute atomic E-state index is 0.00880. The van der Waals surface area contributed by atoms with E-state index < -0.39 is 0 Å². The van der Waals surface area contributed by atoms with Gasteiger partial charge in [0.2, 0.25) is 5.88 Å². The summed E-state index contributed by atoms with van der Waals surface area (Å²) in [6.45, 7) is 3.20. The van der Waals surface area contributed by atoms with Crippen molar-refractivity contribution in [3.63, 3.8) is 0 Å². The third kappa shape index (κ3) is 2.25. The monoisotopic (exact) mass is 268 g/mol. The number of rotatable bonds is 3. The van der Waals surface area contributed by atoms with Gasteiger partial charge in [-0.2, -0.15) is 0 Å². The van der Waals surface area contributed by atoms with E-state index in [9.17, 15) is 4.79 Å². The summed E-state index contributed by atoms with van der Waals surface area (Å²) in [5.41, 5.74) is 2.82. The van der Waals surface area contributed by atoms with E-state index in [2.05, 4.69) is 11.1 Å². The van der Waals surface area contributed by atoms with E-state index in [0.29, 0.717) is 18.1 Å². The average molecular weight is 268 g/mol. The summed E-state index contributed by atoms with van der Waals surface area (Å²) < 4.78 is 5.29. The van der Waals surface area contributed by atoms with E-state index in [1.165, 1.54) is 5.56 Å². The Labute approximate surface area is 118 Å². The lowest BCUT2D eigenvalue weighted by atomic mass is 10.2. The van der Waals surface area contributed by atoms with Crippen LogP contribution in [0.5, 0.6) is 5.88 Å². The summed E-state index contributed by atoms with van der Waals surface area (Å²) in [7, 11) is 0. The van der Waals surface area contributed by atoms with E-state index in [1.54, 1.807) is 18.3 Å². The number of benzene rings is 1. The predicted molar refractivity (Wildman–Crippen MR) is 77.2 cm³/mol. The van der Waals surface area contributed by atoms with Gasteiger partial charge in [-0.1, -0.05) is 18.2 Å². The van der Waals surface area contributed by atoms with Crippen LogP contribution in [-0.2, 0) is 6.42 Å². The number of pyridine rings is 1. The number of fused-ring (bicyclic) bond motifs is 1. The summed E-state index contributed by atoms with van der Waals surface area (Å²) in [5.74, 6) is 0.538. The Bertz CT molecular complexity index is 623. The van der Waals surface area contributed by atoms with Gasteiger partial charge < -0.3 is 9.64 Å². The van der Waals surface area contributed by atoms with E-state index in [-0.39, 0.29) is 5.91 Å². The van der Waals surface area contributed by atoms with Crippen LogP contribution in [0, 0.1) is 0 Å². The van der Waals surface area contributed by atoms with E-state index in [1.807, 2.05) is 30.0 Å². The number of anilines is 1. The molecule has 3 rings (SSSR count). The van der Waals surface area contributed by atoms with Crippen molar-refractivity contribution in [2.75, 3.05) is 18.1 Å². The molecule has 0 unspecified atom stereocenters. The second kappa shape index (κ2) is 5.33. The fourth-order valence-electron chi connectivity index (χ4n) is 2.45. The van der Waals surface area contributed by atoms with Crippen LogP contribution in [0.3, 0.4) is 0 Å². The Morgan fingerprint density at radius 2 is 2.15 bits per heavy atom. The molecule has 1 aliphatic rings. The molecule has 0 spiro atoms. The number of hydrogen-bond acceptors (Lipinski definition) is 3. The predicted octanol–water partition coefficient (Wildman–Crippen LogP) is 2.68. The number of aromatic nitrogens is 1. The summed E-state index contributed by atoms with van der Waals surface area (Å²) >= 11 is 0. The number of carbonyl (C=O) groups is 1. The zero-order valence-electron chi connectivity index (χ0n) is 11.4. The molecule has 1 aromatic carbocycles. The lowest BCUT2D eigenvalue weighted by Crippen LogP contribution is -2.28. The van der Waals surface area contributed by atoms with Crippen molar-refractivity contribution < 1.29 is 9.53 Å². The van der Waals surface area contributed by atoms with Gasteiger partial charge in [0.25, 0.3) is 5.91 Å². The molecule has 0 atom stereocenters. The summed E-state index contributed by atoms with van der Waals surface area (Å²) in [6, 6.07) is 11.5. The number of hydrogen-bond donors (Lipinski definition) is 0. The highest BCUT2D eigenvalue weighted by Gasteiger charge is 2.25. The zero-order chi connectivity index (χ0) is 13.9. The molecule has 0 saturated heterocycles. The number of para-hydroxylation sites is 1. The summed E-state index contributed by atoms with van der Waals surface area (Å²) in [6.07, 6.45) is 2.49. The third-order valence-corrected chi connectivity index (χ3v) is 3.41. The zero-order valence-corrected chi connectivity index (χ0v) is 11.4. The number of carbonyl (C=O) groups excluding carboxylic acids is 1. The van der Waals surface area contributed by atoms with Crippen molar-refractivity contribution in [2.45, 2.75) is 13.3 Å². The van der Waals surface area contributed by atoms with Crippen LogP contribution >= 0.6 is 0 Å². The molecular weight excluding hydrogens is 252 g/mol. The maximum absolute atomic E-state index is 12.5. The summed E-state index contributed by atoms with van der Waals surface area (Å²) in [4.78, 5) is 18.5. The molecule has 1 aromatic heterocycles. The van der Waals surface area contributed by atoms with Gasteiger partial charge in [-0.25, -0.2) is 4.98 Å². The fourth-order valence-corrected chi connectivity index (χ4v) is 2.45. The molecule has 0 N–H and O–H groups in total. The minimum atomic E-state index is -0.00880. The SMILES string of the molecule is CCOc1ccc(C(=O)N2CCc3ccccc32)cn1. The number of amides is 1. The van der Waals surface area contributed by atoms with Crippen molar-refractivity contribution in [3.05, 3.63) is 53.7 Å². The molecule has 0 aliphatic carbocycles. The van der Waals surface area contributed by atoms with Crippen LogP contribution in [0.25, 0.3) is 0 Å². The van der Waals surface area contributed by atoms with Gasteiger partial charge in [0.1, 0.15) is 0 Å². The van der Waals surface area contributed by atoms with Gasteiger partial charge in [0, 0.05) is 24.5 Å². The topological polar surface area (TPSA) is 42.4 Å². The Balaban J connectivity index is 1.83. The molecule has 0 radical (unpaired) electrons. The molecule has 4 heteroatoms. The molecule has 0 saturated carbocycles. The highest BCUT2D eigenvalue weighted by Crippen LogP contribution is 2.28. The Morgan fingerprint density at radius 1 is 1.30 bits per heavy atom. The Morgan fingerprint density at radius 3 is 2.90 bits per heavy atom. The molecule has 2 heterocycles. The van der Waals surface area contributed by atoms with Crippen LogP contribution < -0.4 is 9.64 Å². The quantitative estimate of drug-likeness (QED) is 0.859. The molecule has 0 bridgehead atoms. The smallest absolute Gasteiger partial charge is 0.259 e. The Kier molecular flexibility index (Phi) is 3.37. The molecule has 102 valence electrons. The van der Waals surface area contributed by atoms with Gasteiger partial charge in [-0.3, -0.25) is 4.79 Å². The average Bonchev–Trinajstić information content (AvgIpc) is 2.92. The second-order valence-corrected chi connectivity index (χ2v) is 4.65. The van der Waals surface area contributed by atoms with E-state index in [0.717, 1.165) is 18.7 Å². The lowest BCUT2D eigenvalue weighted by molar-refractivity contribution is 0.0989. The molecule has 1 amide bonds. The van der Waals surface area contributed by atoms with Crippen molar-refractivity contribution >= 4 is 11.6 Å². The van der Waals surface area contributed by atoms with Crippen molar-refractivity contribution in [2.24, 2.45) is 0 Å². The Hall–Kier alpha value is -2.36. The van der Waals surface area contributed by atoms with Crippen LogP contribution in [0.15, 0.2) is 42.6 Å². The molecule has 4 nitrogen and oxygen atoms in total. The van der Waals surface area contributed by atoms with E-state index >= 15 is 0 Å². The fraction of sp³-hybridized carbons (Fsp3) is 0.250. The van der Waals surface area contributed by atoms with Crippen molar-refractivity contribution in [1.29, 1.82) is 0 Å². The lowest BCUT2D eigenvalue weighted by Gasteiger charge is -2.17. The minimum Gasteiger partial charge on any atom is -0.478 e. The molecule has 2 aromatic rings. The third-order valence-electron chi connectivity index (χ3n) is 3.41. The standard InChI is InChI=1S/C16H16N2O2/c1-2-20-15-8-7-13(11-17-15)16(19)18-10-9-12-5-3-4-6-14(12)18/h3-8,11H,2,9-10H2,1H3. The largest absolute Gasteiger partial charge is 0.478 e. The highest BCUT2D eigenvalue weighted by molar-refractivity contribution is 6.07. The van der Waals surface area contributed by atoms with Crippen LogP contribution in [-0.4, -0.2) is 24.0 Å². The molecule has 20 heavy (non-hydrogen) atoms. The summed E-state index contributed by atoms with van der Waals surface area (Å²) in [5, 5.41) is 0. The molecular formula is C16H16N2O2. The number of nitrogens with zero attached hydrogens (tertiary/aromatic N) is 2. The first kappa shape index (κ1) is 12.7. The van der Waals surface area contributed by atoms with Crippen LogP contribution in [0.4, 0.5) is 5.69 Å². The van der Waals surface area contributed by atoms with Gasteiger partial charge >= 0.3 is 0 Å². The molecule has 0 fully saturated rings. The maximum Gasteiger partial charge on any atom is 0.259 e. The van der Waals surface area contributed by atoms with Crippen molar-refractivity contribution in [3.8, 4) is 5.88 Å². The van der Waals surface area contributed by atoms with Gasteiger partial charge in [0.05, 0.1) is 12.2 Å². The second-order valence-electron chi connectivity index (χ2n) is 4.65. The first-order valence-corrected chi connectivity index (χ1v) is 6.78. The van der Waals surface area contributed by atoms with Gasteiger partial charge in [0.15, 0.2) is 0 Å². The van der Waals surface area contributed by atoms with E-state index in [4.69, 9.17) is 4.74 Å².